The van der Waals surface area contributed by atoms with Gasteiger partial charge < -0.3 is 0 Å². The fraction of sp³-hybridized carbons (Fsp3) is 0.643. The average Bonchev–Trinajstić information content (AvgIpc) is 2.83. The minimum absolute atomic E-state index is 0.701. The number of rotatable bonds is 12. The van der Waals surface area contributed by atoms with Crippen LogP contribution in [0.15, 0.2) is 36.4 Å². The Balaban J connectivity index is 2.15. The number of fused-ring (bicyclic) bond motifs is 1. The van der Waals surface area contributed by atoms with E-state index < -0.39 is 18.4 Å². The van der Waals surface area contributed by atoms with Gasteiger partial charge in [0.25, 0.3) is 0 Å². The molecule has 0 saturated carbocycles. The van der Waals surface area contributed by atoms with Crippen LogP contribution < -0.4 is 3.58 Å². The molecule has 2 nitrogen and oxygen atoms in total. The SMILES string of the molecule is CCC[CH2][Sn]([CH2]CCC)([CH2]CCC)[c]1c(C2CCN(OC)CC2)ccc2ccccc12. The number of benzene rings is 2. The molecular weight excluding hydrogens is 485 g/mol. The Morgan fingerprint density at radius 2 is 1.42 bits per heavy atom. The Hall–Kier alpha value is -0.581. The van der Waals surface area contributed by atoms with Crippen molar-refractivity contribution in [3.05, 3.63) is 42.0 Å². The first-order valence-corrected chi connectivity index (χ1v) is 20.5. The molecule has 0 aliphatic carbocycles. The van der Waals surface area contributed by atoms with Gasteiger partial charge in [-0.15, -0.1) is 0 Å². The Morgan fingerprint density at radius 3 is 1.97 bits per heavy atom. The van der Waals surface area contributed by atoms with Gasteiger partial charge in [-0.1, -0.05) is 0 Å². The summed E-state index contributed by atoms with van der Waals surface area (Å²) in [7, 11) is 1.82. The van der Waals surface area contributed by atoms with E-state index in [1.165, 1.54) is 56.8 Å². The van der Waals surface area contributed by atoms with E-state index in [0.717, 1.165) is 13.1 Å². The molecule has 0 unspecified atom stereocenters. The zero-order chi connectivity index (χ0) is 22.1. The van der Waals surface area contributed by atoms with Gasteiger partial charge in [-0.2, -0.15) is 0 Å². The van der Waals surface area contributed by atoms with Crippen LogP contribution in [0.5, 0.6) is 0 Å². The van der Waals surface area contributed by atoms with Crippen molar-refractivity contribution in [1.82, 2.24) is 5.06 Å². The predicted molar refractivity (Wildman–Crippen MR) is 139 cm³/mol. The van der Waals surface area contributed by atoms with Gasteiger partial charge in [0.1, 0.15) is 0 Å². The number of hydroxylamine groups is 2. The number of unbranched alkanes of at least 4 members (excludes halogenated alkanes) is 3. The van der Waals surface area contributed by atoms with Gasteiger partial charge in [-0.05, 0) is 0 Å². The summed E-state index contributed by atoms with van der Waals surface area (Å²) in [5, 5.41) is 5.24. The standard InChI is InChI=1S/C16H18NO.3C4H9.Sn/c1-18-17-10-8-14(9-11-17)16-7-6-13-4-2-3-5-15(13)12-16;3*1-3-4-2;/h2-7,14H,8-11H2,1H3;3*1,3-4H2,2H3;. The first-order valence-electron chi connectivity index (χ1n) is 13.0. The average molecular weight is 530 g/mol. The van der Waals surface area contributed by atoms with Crippen molar-refractivity contribution in [2.75, 3.05) is 20.2 Å². The molecule has 1 heterocycles. The summed E-state index contributed by atoms with van der Waals surface area (Å²) < 4.78 is 6.56. The van der Waals surface area contributed by atoms with Crippen LogP contribution in [-0.4, -0.2) is 43.6 Å². The Morgan fingerprint density at radius 1 is 0.839 bits per heavy atom. The molecule has 0 N–H and O–H groups in total. The first kappa shape index (κ1) is 25.0. The topological polar surface area (TPSA) is 12.5 Å². The summed E-state index contributed by atoms with van der Waals surface area (Å²) in [6, 6.07) is 14.3. The molecule has 2 aromatic carbocycles. The third-order valence-electron chi connectivity index (χ3n) is 7.67. The van der Waals surface area contributed by atoms with Crippen LogP contribution in [-0.2, 0) is 4.84 Å². The van der Waals surface area contributed by atoms with Crippen molar-refractivity contribution in [2.45, 2.75) is 91.4 Å². The van der Waals surface area contributed by atoms with Crippen LogP contribution in [0.2, 0.25) is 13.3 Å². The molecule has 0 amide bonds. The molecule has 31 heavy (non-hydrogen) atoms. The third kappa shape index (κ3) is 6.06. The van der Waals surface area contributed by atoms with Crippen molar-refractivity contribution in [3.63, 3.8) is 0 Å². The van der Waals surface area contributed by atoms with Crippen molar-refractivity contribution < 1.29 is 4.84 Å². The fourth-order valence-electron chi connectivity index (χ4n) is 5.87. The second kappa shape index (κ2) is 12.6. The van der Waals surface area contributed by atoms with Gasteiger partial charge in [-0.3, -0.25) is 0 Å². The van der Waals surface area contributed by atoms with Gasteiger partial charge >= 0.3 is 196 Å². The summed E-state index contributed by atoms with van der Waals surface area (Å²) in [5.41, 5.74) is 1.74. The van der Waals surface area contributed by atoms with Crippen LogP contribution in [0, 0.1) is 0 Å². The summed E-state index contributed by atoms with van der Waals surface area (Å²) in [6.07, 6.45) is 10.7. The number of piperidine rings is 1. The zero-order valence-electron chi connectivity index (χ0n) is 20.6. The van der Waals surface area contributed by atoms with Crippen LogP contribution in [0.4, 0.5) is 0 Å². The van der Waals surface area contributed by atoms with Crippen molar-refractivity contribution in [3.8, 4) is 0 Å². The van der Waals surface area contributed by atoms with Gasteiger partial charge in [0, 0.05) is 0 Å². The summed E-state index contributed by atoms with van der Waals surface area (Å²) in [6.45, 7) is 9.30. The molecule has 1 aliphatic heterocycles. The minimum atomic E-state index is -2.58. The van der Waals surface area contributed by atoms with E-state index in [9.17, 15) is 0 Å². The molecule has 1 saturated heterocycles. The molecule has 0 aromatic heterocycles. The third-order valence-corrected chi connectivity index (χ3v) is 23.5. The first-order chi connectivity index (χ1) is 15.2. The van der Waals surface area contributed by atoms with E-state index in [4.69, 9.17) is 4.84 Å². The number of hydrogen-bond donors (Lipinski definition) is 0. The Kier molecular flexibility index (Phi) is 10.2. The number of hydrogen-bond acceptors (Lipinski definition) is 2. The molecular formula is C28H45NOSn. The fourth-order valence-corrected chi connectivity index (χ4v) is 23.8. The second-order valence-electron chi connectivity index (χ2n) is 9.73. The normalized spacial score (nSPS) is 16.3. The van der Waals surface area contributed by atoms with E-state index in [0.29, 0.717) is 5.92 Å². The summed E-state index contributed by atoms with van der Waals surface area (Å²) in [4.78, 5) is 5.55. The Bertz CT molecular complexity index is 775. The van der Waals surface area contributed by atoms with E-state index >= 15 is 0 Å². The van der Waals surface area contributed by atoms with Crippen molar-refractivity contribution in [2.24, 2.45) is 0 Å². The summed E-state index contributed by atoms with van der Waals surface area (Å²) >= 11 is -2.58. The molecule has 0 radical (unpaired) electrons. The van der Waals surface area contributed by atoms with Gasteiger partial charge in [-0.25, -0.2) is 0 Å². The molecule has 0 spiro atoms. The maximum absolute atomic E-state index is 5.55. The van der Waals surface area contributed by atoms with E-state index in [-0.39, 0.29) is 0 Å². The molecule has 1 fully saturated rings. The van der Waals surface area contributed by atoms with E-state index in [1.807, 2.05) is 10.7 Å². The predicted octanol–water partition coefficient (Wildman–Crippen LogP) is 7.64. The van der Waals surface area contributed by atoms with Crippen molar-refractivity contribution >= 4 is 32.7 Å². The number of nitrogens with zero attached hydrogens (tertiary/aromatic N) is 1. The van der Waals surface area contributed by atoms with Crippen LogP contribution >= 0.6 is 0 Å². The van der Waals surface area contributed by atoms with E-state index in [2.05, 4.69) is 62.2 Å². The van der Waals surface area contributed by atoms with Crippen molar-refractivity contribution in [1.29, 1.82) is 0 Å². The molecule has 3 heteroatoms. The van der Waals surface area contributed by atoms with Gasteiger partial charge in [0.15, 0.2) is 0 Å². The molecule has 2 aromatic rings. The van der Waals surface area contributed by atoms with Gasteiger partial charge in [0.05, 0.1) is 0 Å². The van der Waals surface area contributed by atoms with Gasteiger partial charge in [0.2, 0.25) is 0 Å². The van der Waals surface area contributed by atoms with E-state index in [1.54, 1.807) is 24.3 Å². The quantitative estimate of drug-likeness (QED) is 0.262. The van der Waals surface area contributed by atoms with Crippen LogP contribution in [0.25, 0.3) is 10.8 Å². The molecule has 3 rings (SSSR count). The maximum atomic E-state index is 5.55. The monoisotopic (exact) mass is 531 g/mol. The Labute approximate surface area is 195 Å². The molecule has 1 aliphatic rings. The zero-order valence-corrected chi connectivity index (χ0v) is 23.4. The summed E-state index contributed by atoms with van der Waals surface area (Å²) in [5.74, 6) is 0.701. The molecule has 0 atom stereocenters. The molecule has 0 bridgehead atoms. The molecule has 172 valence electrons. The van der Waals surface area contributed by atoms with Crippen LogP contribution in [0.3, 0.4) is 0 Å². The van der Waals surface area contributed by atoms with Crippen LogP contribution in [0.1, 0.15) is 83.6 Å². The second-order valence-corrected chi connectivity index (χ2v) is 22.7.